The van der Waals surface area contributed by atoms with Gasteiger partial charge in [0.05, 0.1) is 43.9 Å². The maximum Gasteiger partial charge on any atom is 0.325 e. The van der Waals surface area contributed by atoms with E-state index >= 15 is 0 Å². The molecule has 3 heterocycles. The van der Waals surface area contributed by atoms with Crippen molar-refractivity contribution < 1.29 is 19.1 Å². The number of rotatable bonds is 6. The van der Waals surface area contributed by atoms with Crippen LogP contribution < -0.4 is 10.1 Å². The summed E-state index contributed by atoms with van der Waals surface area (Å²) in [5, 5.41) is 7.68. The highest BCUT2D eigenvalue weighted by molar-refractivity contribution is 5.81. The van der Waals surface area contributed by atoms with E-state index in [0.29, 0.717) is 18.7 Å². The first-order valence-electron chi connectivity index (χ1n) is 12.1. The van der Waals surface area contributed by atoms with Gasteiger partial charge in [0.2, 0.25) is 0 Å². The summed E-state index contributed by atoms with van der Waals surface area (Å²) in [4.78, 5) is 27.2. The number of hydrogen-bond acceptors (Lipinski definition) is 5. The molecule has 5 rings (SSSR count). The number of para-hydroxylation sites is 1. The number of nitrogens with zero attached hydrogens (tertiary/aromatic N) is 4. The number of esters is 1. The van der Waals surface area contributed by atoms with E-state index in [9.17, 15) is 9.59 Å². The zero-order chi connectivity index (χ0) is 25.9. The van der Waals surface area contributed by atoms with Gasteiger partial charge in [-0.05, 0) is 48.4 Å². The van der Waals surface area contributed by atoms with Crippen LogP contribution in [0.15, 0.2) is 72.9 Å². The molecule has 4 aromatic rings. The molecule has 9 heteroatoms. The van der Waals surface area contributed by atoms with E-state index in [-0.39, 0.29) is 12.6 Å². The molecule has 1 aliphatic heterocycles. The molecular weight excluding hydrogens is 470 g/mol. The normalized spacial score (nSPS) is 14.4. The van der Waals surface area contributed by atoms with Crippen molar-refractivity contribution in [2.24, 2.45) is 0 Å². The highest BCUT2D eigenvalue weighted by Gasteiger charge is 2.36. The molecule has 0 saturated carbocycles. The number of nitrogens with one attached hydrogen (secondary N) is 1. The molecule has 0 bridgehead atoms. The van der Waals surface area contributed by atoms with Crippen molar-refractivity contribution in [1.82, 2.24) is 24.6 Å². The van der Waals surface area contributed by atoms with Crippen molar-refractivity contribution in [2.75, 3.05) is 20.8 Å². The summed E-state index contributed by atoms with van der Waals surface area (Å²) < 4.78 is 14.3. The van der Waals surface area contributed by atoms with Gasteiger partial charge in [-0.25, -0.2) is 9.48 Å². The fourth-order valence-corrected chi connectivity index (χ4v) is 4.83. The average Bonchev–Trinajstić information content (AvgIpc) is 3.53. The molecule has 0 fully saturated rings. The lowest BCUT2D eigenvalue weighted by molar-refractivity contribution is -0.139. The third-order valence-electron chi connectivity index (χ3n) is 6.59. The minimum atomic E-state index is -0.517. The summed E-state index contributed by atoms with van der Waals surface area (Å²) in [5.41, 5.74) is 4.55. The van der Waals surface area contributed by atoms with Gasteiger partial charge in [0.25, 0.3) is 0 Å². The standard InChI is InChI=1S/C28H29N5O4/c1-4-23-22-18-32(28(35)29-17-25(34)37-3)26(19-10-8-13-21(16-19)36-2)24-14-9-15-31(24)27(22)33(30-23)20-11-6-5-7-12-20/h5-16,26H,4,17-18H2,1-3H3,(H,29,35)/t26-/m1/s1. The van der Waals surface area contributed by atoms with Gasteiger partial charge < -0.3 is 24.3 Å². The second kappa shape index (κ2) is 10.2. The largest absolute Gasteiger partial charge is 0.497 e. The predicted octanol–water partition coefficient (Wildman–Crippen LogP) is 4.02. The smallest absolute Gasteiger partial charge is 0.325 e. The van der Waals surface area contributed by atoms with Crippen molar-refractivity contribution in [1.29, 1.82) is 0 Å². The number of amides is 2. The molecule has 0 aliphatic carbocycles. The zero-order valence-corrected chi connectivity index (χ0v) is 21.0. The number of ether oxygens (including phenoxy) is 2. The van der Waals surface area contributed by atoms with Crippen LogP contribution in [0.25, 0.3) is 11.5 Å². The Morgan fingerprint density at radius 1 is 1.05 bits per heavy atom. The Morgan fingerprint density at radius 2 is 1.86 bits per heavy atom. The van der Waals surface area contributed by atoms with Gasteiger partial charge in [0.15, 0.2) is 0 Å². The van der Waals surface area contributed by atoms with E-state index in [1.165, 1.54) is 7.11 Å². The van der Waals surface area contributed by atoms with Gasteiger partial charge in [0, 0.05) is 11.8 Å². The van der Waals surface area contributed by atoms with Crippen molar-refractivity contribution in [3.8, 4) is 17.3 Å². The molecule has 2 aromatic heterocycles. The number of fused-ring (bicyclic) bond motifs is 3. The molecule has 0 unspecified atom stereocenters. The number of urea groups is 1. The van der Waals surface area contributed by atoms with Crippen molar-refractivity contribution in [2.45, 2.75) is 25.9 Å². The Kier molecular flexibility index (Phi) is 6.68. The molecule has 0 saturated heterocycles. The van der Waals surface area contributed by atoms with Crippen LogP contribution in [0.4, 0.5) is 4.79 Å². The van der Waals surface area contributed by atoms with Crippen LogP contribution in [0.5, 0.6) is 5.75 Å². The van der Waals surface area contributed by atoms with Gasteiger partial charge in [-0.2, -0.15) is 5.10 Å². The molecule has 2 aromatic carbocycles. The van der Waals surface area contributed by atoms with E-state index in [4.69, 9.17) is 14.6 Å². The lowest BCUT2D eigenvalue weighted by Crippen LogP contribution is -2.44. The van der Waals surface area contributed by atoms with Crippen molar-refractivity contribution >= 4 is 12.0 Å². The minimum Gasteiger partial charge on any atom is -0.497 e. The number of methoxy groups -OCH3 is 2. The van der Waals surface area contributed by atoms with Gasteiger partial charge in [-0.1, -0.05) is 37.3 Å². The Bertz CT molecular complexity index is 1430. The summed E-state index contributed by atoms with van der Waals surface area (Å²) in [6.45, 7) is 2.12. The molecule has 0 spiro atoms. The summed E-state index contributed by atoms with van der Waals surface area (Å²) in [6, 6.07) is 20.8. The molecule has 1 N–H and O–H groups in total. The van der Waals surface area contributed by atoms with Crippen molar-refractivity contribution in [3.05, 3.63) is 95.4 Å². The van der Waals surface area contributed by atoms with Gasteiger partial charge in [-0.15, -0.1) is 0 Å². The van der Waals surface area contributed by atoms with E-state index in [1.807, 2.05) is 77.6 Å². The fraction of sp³-hybridized carbons (Fsp3) is 0.250. The van der Waals surface area contributed by atoms with Crippen LogP contribution in [0.1, 0.15) is 35.5 Å². The van der Waals surface area contributed by atoms with Crippen LogP contribution in [0.3, 0.4) is 0 Å². The van der Waals surface area contributed by atoms with E-state index < -0.39 is 12.0 Å². The SMILES string of the molecule is CCc1nn(-c2ccccc2)c2c1CN(C(=O)NCC(=O)OC)[C@H](c1cccc(OC)c1)c1cccn1-2. The van der Waals surface area contributed by atoms with Gasteiger partial charge in [-0.3, -0.25) is 4.79 Å². The maximum absolute atomic E-state index is 13.7. The van der Waals surface area contributed by atoms with E-state index in [2.05, 4.69) is 16.8 Å². The second-order valence-corrected chi connectivity index (χ2v) is 8.69. The summed E-state index contributed by atoms with van der Waals surface area (Å²) in [5.74, 6) is 1.06. The molecule has 0 radical (unpaired) electrons. The average molecular weight is 500 g/mol. The van der Waals surface area contributed by atoms with Crippen LogP contribution in [0, 0.1) is 0 Å². The number of benzene rings is 2. The third-order valence-corrected chi connectivity index (χ3v) is 6.59. The second-order valence-electron chi connectivity index (χ2n) is 8.69. The minimum absolute atomic E-state index is 0.228. The monoisotopic (exact) mass is 499 g/mol. The highest BCUT2D eigenvalue weighted by atomic mass is 16.5. The third kappa shape index (κ3) is 4.44. The summed E-state index contributed by atoms with van der Waals surface area (Å²) in [6.07, 6.45) is 2.69. The maximum atomic E-state index is 13.7. The Labute approximate surface area is 215 Å². The van der Waals surface area contributed by atoms with E-state index in [1.54, 1.807) is 12.0 Å². The number of aryl methyl sites for hydroxylation is 1. The molecule has 1 aliphatic rings. The molecule has 190 valence electrons. The lowest BCUT2D eigenvalue weighted by atomic mass is 10.0. The van der Waals surface area contributed by atoms with Gasteiger partial charge in [0.1, 0.15) is 18.1 Å². The topological polar surface area (TPSA) is 90.6 Å². The highest BCUT2D eigenvalue weighted by Crippen LogP contribution is 2.39. The van der Waals surface area contributed by atoms with Crippen LogP contribution in [-0.2, 0) is 22.5 Å². The van der Waals surface area contributed by atoms with Gasteiger partial charge >= 0.3 is 12.0 Å². The molecule has 1 atom stereocenters. The quantitative estimate of drug-likeness (QED) is 0.405. The Morgan fingerprint density at radius 3 is 2.59 bits per heavy atom. The number of carbonyl (C=O) groups excluding carboxylic acids is 2. The van der Waals surface area contributed by atoms with Crippen LogP contribution in [-0.4, -0.2) is 52.0 Å². The predicted molar refractivity (Wildman–Crippen MR) is 138 cm³/mol. The first-order chi connectivity index (χ1) is 18.0. The molecule has 37 heavy (non-hydrogen) atoms. The first-order valence-corrected chi connectivity index (χ1v) is 12.1. The zero-order valence-electron chi connectivity index (χ0n) is 21.0. The first kappa shape index (κ1) is 24.2. The molecule has 2 amide bonds. The summed E-state index contributed by atoms with van der Waals surface area (Å²) >= 11 is 0. The van der Waals surface area contributed by atoms with Crippen LogP contribution in [0.2, 0.25) is 0 Å². The number of hydrogen-bond donors (Lipinski definition) is 1. The van der Waals surface area contributed by atoms with E-state index in [0.717, 1.165) is 34.0 Å². The fourth-order valence-electron chi connectivity index (χ4n) is 4.83. The molecular formula is C28H29N5O4. The van der Waals surface area contributed by atoms with Crippen molar-refractivity contribution in [3.63, 3.8) is 0 Å². The summed E-state index contributed by atoms with van der Waals surface area (Å²) in [7, 11) is 2.91. The number of carbonyl (C=O) groups is 2. The molecule has 9 nitrogen and oxygen atoms in total. The Hall–Kier alpha value is -4.53. The van der Waals surface area contributed by atoms with Crippen LogP contribution >= 0.6 is 0 Å². The lowest BCUT2D eigenvalue weighted by Gasteiger charge is -2.31. The number of aromatic nitrogens is 3. The Balaban J connectivity index is 1.71.